The van der Waals surface area contributed by atoms with Crippen LogP contribution in [0.5, 0.6) is 0 Å². The summed E-state index contributed by atoms with van der Waals surface area (Å²) in [6, 6.07) is 8.85. The molecule has 1 aliphatic heterocycles. The molecule has 1 amide bonds. The number of hydrogen-bond donors (Lipinski definition) is 0. The van der Waals surface area contributed by atoms with E-state index in [0.29, 0.717) is 28.4 Å². The van der Waals surface area contributed by atoms with Crippen molar-refractivity contribution in [1.29, 1.82) is 0 Å². The first-order chi connectivity index (χ1) is 14.4. The lowest BCUT2D eigenvalue weighted by Gasteiger charge is -2.61. The molecule has 1 aromatic carbocycles. The lowest BCUT2D eigenvalue weighted by atomic mass is 9.48. The van der Waals surface area contributed by atoms with E-state index in [9.17, 15) is 4.79 Å². The zero-order chi connectivity index (χ0) is 21.1. The summed E-state index contributed by atoms with van der Waals surface area (Å²) < 4.78 is 0.439. The highest BCUT2D eigenvalue weighted by Gasteiger charge is 2.64. The van der Waals surface area contributed by atoms with Gasteiger partial charge in [0.05, 0.1) is 0 Å². The number of hydrogen-bond acceptors (Lipinski definition) is 1. The molecular weight excluding hydrogens is 366 g/mol. The molecule has 0 bridgehead atoms. The normalized spacial score (nSPS) is 44.8. The Morgan fingerprint density at radius 1 is 1.10 bits per heavy atom. The van der Waals surface area contributed by atoms with Crippen LogP contribution in [0.3, 0.4) is 0 Å². The SMILES string of the molecule is C=CC[N+]1(c2ccccc2C)C(=O)C=C[C@@]2(C)[C@H]1CC[C@H]1[C@@H]3CCC[C@@]3(C)CC[C@@H]12. The van der Waals surface area contributed by atoms with E-state index in [1.54, 1.807) is 0 Å². The fourth-order valence-corrected chi connectivity index (χ4v) is 8.65. The first-order valence-electron chi connectivity index (χ1n) is 12.2. The minimum atomic E-state index is 0.0754. The summed E-state index contributed by atoms with van der Waals surface area (Å²) in [5.41, 5.74) is 3.05. The van der Waals surface area contributed by atoms with E-state index in [0.717, 1.165) is 18.3 Å². The summed E-state index contributed by atoms with van der Waals surface area (Å²) in [5.74, 6) is 2.66. The predicted molar refractivity (Wildman–Crippen MR) is 125 cm³/mol. The van der Waals surface area contributed by atoms with Crippen LogP contribution in [0.15, 0.2) is 49.1 Å². The molecule has 0 saturated heterocycles. The Labute approximate surface area is 182 Å². The number of nitrogens with zero attached hydrogens (tertiary/aromatic N) is 1. The number of carbonyl (C=O) groups is 1. The maximum absolute atomic E-state index is 13.7. The second-order valence-electron chi connectivity index (χ2n) is 11.2. The van der Waals surface area contributed by atoms with Gasteiger partial charge in [-0.1, -0.05) is 51.1 Å². The smallest absolute Gasteiger partial charge is 0.226 e. The predicted octanol–water partition coefficient (Wildman–Crippen LogP) is 6.59. The van der Waals surface area contributed by atoms with Crippen LogP contribution in [0.2, 0.25) is 0 Å². The Balaban J connectivity index is 1.63. The lowest BCUT2D eigenvalue weighted by molar-refractivity contribution is -0.138. The monoisotopic (exact) mass is 404 g/mol. The van der Waals surface area contributed by atoms with Gasteiger partial charge < -0.3 is 0 Å². The van der Waals surface area contributed by atoms with Gasteiger partial charge in [0.25, 0.3) is 0 Å². The number of benzene rings is 1. The standard InChI is InChI=1S/C28H38NO/c1-5-19-29(24-11-7-6-9-20(24)2)25-13-12-21-22-10-8-16-27(22,3)17-14-23(21)28(25,4)18-15-26(29)30/h5-7,9,11,15,18,21-23,25H,1,8,10,12-14,16-17,19H2,2-4H3/q+1/t21-,22-,23-,25+,27-,28+,29?/m0/s1. The van der Waals surface area contributed by atoms with E-state index >= 15 is 0 Å². The van der Waals surface area contributed by atoms with E-state index in [4.69, 9.17) is 0 Å². The largest absolute Gasteiger partial charge is 0.343 e. The highest BCUT2D eigenvalue weighted by Crippen LogP contribution is 2.65. The minimum Gasteiger partial charge on any atom is -0.226 e. The number of carbonyl (C=O) groups excluding carboxylic acids is 1. The molecule has 0 radical (unpaired) electrons. The van der Waals surface area contributed by atoms with Gasteiger partial charge in [-0.3, -0.25) is 0 Å². The van der Waals surface area contributed by atoms with E-state index in [2.05, 4.69) is 57.7 Å². The van der Waals surface area contributed by atoms with Gasteiger partial charge in [0.2, 0.25) is 0 Å². The summed E-state index contributed by atoms with van der Waals surface area (Å²) in [5, 5.41) is 0. The molecule has 5 rings (SSSR count). The lowest BCUT2D eigenvalue weighted by Crippen LogP contribution is -2.71. The molecule has 1 unspecified atom stereocenters. The van der Waals surface area contributed by atoms with E-state index in [1.807, 2.05) is 12.2 Å². The highest BCUT2D eigenvalue weighted by atomic mass is 16.2. The maximum Gasteiger partial charge on any atom is 0.343 e. The van der Waals surface area contributed by atoms with Crippen LogP contribution in [0, 0.1) is 35.5 Å². The van der Waals surface area contributed by atoms with Gasteiger partial charge >= 0.3 is 5.91 Å². The second-order valence-corrected chi connectivity index (χ2v) is 11.2. The molecule has 2 heteroatoms. The number of aryl methyl sites for hydroxylation is 1. The van der Waals surface area contributed by atoms with Crippen molar-refractivity contribution in [3.8, 4) is 0 Å². The molecule has 3 aliphatic carbocycles. The maximum atomic E-state index is 13.7. The van der Waals surface area contributed by atoms with Crippen LogP contribution < -0.4 is 4.48 Å². The van der Waals surface area contributed by atoms with Crippen molar-refractivity contribution < 1.29 is 4.79 Å². The molecule has 0 spiro atoms. The average Bonchev–Trinajstić information content (AvgIpc) is 3.13. The minimum absolute atomic E-state index is 0.0754. The van der Waals surface area contributed by atoms with Crippen molar-refractivity contribution in [1.82, 2.24) is 4.48 Å². The van der Waals surface area contributed by atoms with Crippen molar-refractivity contribution in [2.75, 3.05) is 6.54 Å². The molecule has 1 aromatic rings. The van der Waals surface area contributed by atoms with Crippen molar-refractivity contribution in [3.63, 3.8) is 0 Å². The molecule has 4 aliphatic rings. The zero-order valence-electron chi connectivity index (χ0n) is 19.1. The number of quaternary nitrogens is 1. The Bertz CT molecular complexity index is 902. The molecule has 3 saturated carbocycles. The first kappa shape index (κ1) is 20.2. The Morgan fingerprint density at radius 2 is 1.90 bits per heavy atom. The van der Waals surface area contributed by atoms with Gasteiger partial charge in [-0.05, 0) is 74.3 Å². The average molecular weight is 405 g/mol. The van der Waals surface area contributed by atoms with Crippen LogP contribution in [-0.4, -0.2) is 18.5 Å². The van der Waals surface area contributed by atoms with Crippen molar-refractivity contribution in [3.05, 3.63) is 54.6 Å². The topological polar surface area (TPSA) is 17.1 Å². The first-order valence-corrected chi connectivity index (χ1v) is 12.2. The number of rotatable bonds is 3. The van der Waals surface area contributed by atoms with Crippen molar-refractivity contribution >= 4 is 11.6 Å². The number of para-hydroxylation sites is 1. The van der Waals surface area contributed by atoms with Crippen molar-refractivity contribution in [2.24, 2.45) is 28.6 Å². The van der Waals surface area contributed by atoms with Crippen molar-refractivity contribution in [2.45, 2.75) is 71.8 Å². The quantitative estimate of drug-likeness (QED) is 0.410. The third kappa shape index (κ3) is 2.55. The third-order valence-electron chi connectivity index (χ3n) is 9.98. The summed E-state index contributed by atoms with van der Waals surface area (Å²) in [7, 11) is 0. The van der Waals surface area contributed by atoms with Gasteiger partial charge in [-0.25, -0.2) is 9.28 Å². The number of amides is 1. The zero-order valence-corrected chi connectivity index (χ0v) is 19.1. The van der Waals surface area contributed by atoms with Gasteiger partial charge in [0, 0.05) is 23.5 Å². The van der Waals surface area contributed by atoms with Crippen LogP contribution in [0.4, 0.5) is 5.69 Å². The summed E-state index contributed by atoms with van der Waals surface area (Å²) in [6.45, 7) is 12.0. The second kappa shape index (κ2) is 6.92. The summed E-state index contributed by atoms with van der Waals surface area (Å²) >= 11 is 0. The van der Waals surface area contributed by atoms with E-state index in [-0.39, 0.29) is 11.3 Å². The van der Waals surface area contributed by atoms with Gasteiger partial charge in [0.1, 0.15) is 18.3 Å². The molecule has 0 N–H and O–H groups in total. The fraction of sp³-hybridized carbons (Fsp3) is 0.607. The molecule has 7 atom stereocenters. The Morgan fingerprint density at radius 3 is 2.67 bits per heavy atom. The highest BCUT2D eigenvalue weighted by molar-refractivity contribution is 5.99. The van der Waals surface area contributed by atoms with Crippen LogP contribution >= 0.6 is 0 Å². The molecule has 2 nitrogen and oxygen atoms in total. The molecule has 0 aromatic heterocycles. The van der Waals surface area contributed by atoms with E-state index in [1.165, 1.54) is 49.8 Å². The summed E-state index contributed by atoms with van der Waals surface area (Å²) in [4.78, 5) is 13.7. The van der Waals surface area contributed by atoms with E-state index < -0.39 is 0 Å². The molecule has 30 heavy (non-hydrogen) atoms. The summed E-state index contributed by atoms with van der Waals surface area (Å²) in [6.07, 6.45) is 15.6. The van der Waals surface area contributed by atoms with Crippen LogP contribution in [0.1, 0.15) is 64.4 Å². The molecular formula is C28H38NO+. The number of fused-ring (bicyclic) bond motifs is 5. The third-order valence-corrected chi connectivity index (χ3v) is 9.98. The van der Waals surface area contributed by atoms with Crippen LogP contribution in [-0.2, 0) is 4.79 Å². The van der Waals surface area contributed by atoms with Gasteiger partial charge in [0.15, 0.2) is 0 Å². The molecule has 160 valence electrons. The fourth-order valence-electron chi connectivity index (χ4n) is 8.65. The molecule has 3 fully saturated rings. The van der Waals surface area contributed by atoms with Gasteiger partial charge in [-0.2, -0.15) is 0 Å². The van der Waals surface area contributed by atoms with Crippen LogP contribution in [0.25, 0.3) is 0 Å². The molecule has 1 heterocycles. The van der Waals surface area contributed by atoms with Gasteiger partial charge in [-0.15, -0.1) is 0 Å². The Kier molecular flexibility index (Phi) is 4.67. The Hall–Kier alpha value is -1.67.